The smallest absolute Gasteiger partial charge is 0.227 e. The number of nitrogens with zero attached hydrogens (tertiary/aromatic N) is 5. The normalized spacial score (nSPS) is 21.1. The van der Waals surface area contributed by atoms with Gasteiger partial charge in [-0.3, -0.25) is 4.79 Å². The molecule has 7 nitrogen and oxygen atoms in total. The highest BCUT2D eigenvalue weighted by molar-refractivity contribution is 5.81. The number of aryl methyl sites for hydroxylation is 1. The SMILES string of the molecule is [C-]#[N+]C1CCN(C(=O)C2CC=C(c3ccc(OCC4CCN(c5ncc(CC)cn5)CC4)cc3)CC2)CC1. The molecule has 2 fully saturated rings. The topological polar surface area (TPSA) is 62.9 Å². The molecule has 2 aliphatic heterocycles. The summed E-state index contributed by atoms with van der Waals surface area (Å²) in [6.45, 7) is 13.5. The van der Waals surface area contributed by atoms with Crippen molar-refractivity contribution >= 4 is 17.4 Å². The molecule has 3 aliphatic rings. The summed E-state index contributed by atoms with van der Waals surface area (Å²) in [6.07, 6.45) is 13.5. The molecule has 1 unspecified atom stereocenters. The van der Waals surface area contributed by atoms with Crippen LogP contribution in [0.5, 0.6) is 5.75 Å². The Labute approximate surface area is 226 Å². The highest BCUT2D eigenvalue weighted by atomic mass is 16.5. The molecule has 5 rings (SSSR count). The van der Waals surface area contributed by atoms with Crippen LogP contribution in [0, 0.1) is 18.4 Å². The van der Waals surface area contributed by atoms with Crippen molar-refractivity contribution in [3.05, 3.63) is 65.3 Å². The molecule has 200 valence electrons. The number of benzene rings is 1. The van der Waals surface area contributed by atoms with Crippen LogP contribution in [0.15, 0.2) is 42.7 Å². The van der Waals surface area contributed by atoms with Crippen LogP contribution in [0.1, 0.15) is 63.0 Å². The number of rotatable bonds is 7. The summed E-state index contributed by atoms with van der Waals surface area (Å²) in [5, 5.41) is 0. The Balaban J connectivity index is 1.05. The monoisotopic (exact) mass is 513 g/mol. The molecular weight excluding hydrogens is 474 g/mol. The van der Waals surface area contributed by atoms with E-state index in [1.807, 2.05) is 17.3 Å². The van der Waals surface area contributed by atoms with Crippen molar-refractivity contribution in [1.29, 1.82) is 0 Å². The number of aromatic nitrogens is 2. The van der Waals surface area contributed by atoms with E-state index in [0.29, 0.717) is 5.92 Å². The number of ether oxygens (including phenoxy) is 1. The lowest BCUT2D eigenvalue weighted by atomic mass is 9.85. The quantitative estimate of drug-likeness (QED) is 0.462. The zero-order valence-corrected chi connectivity index (χ0v) is 22.5. The van der Waals surface area contributed by atoms with E-state index in [0.717, 1.165) is 95.9 Å². The lowest BCUT2D eigenvalue weighted by molar-refractivity contribution is -0.136. The summed E-state index contributed by atoms with van der Waals surface area (Å²) in [7, 11) is 0. The van der Waals surface area contributed by atoms with E-state index in [4.69, 9.17) is 11.3 Å². The number of hydrogen-bond donors (Lipinski definition) is 0. The Morgan fingerprint density at radius 2 is 1.74 bits per heavy atom. The molecule has 1 aromatic carbocycles. The number of carbonyl (C=O) groups excluding carboxylic acids is 1. The van der Waals surface area contributed by atoms with Crippen molar-refractivity contribution in [1.82, 2.24) is 14.9 Å². The molecule has 2 aromatic rings. The molecule has 1 aromatic heterocycles. The maximum atomic E-state index is 12.9. The van der Waals surface area contributed by atoms with E-state index in [1.54, 1.807) is 0 Å². The third kappa shape index (κ3) is 6.35. The van der Waals surface area contributed by atoms with Gasteiger partial charge in [0, 0.05) is 57.3 Å². The summed E-state index contributed by atoms with van der Waals surface area (Å²) < 4.78 is 6.15. The standard InChI is InChI=1S/C31H39N5O2/c1-3-23-20-33-31(34-21-23)36-16-12-24(13-17-36)22-38-29-10-8-26(9-11-29)25-4-6-27(7-5-25)30(37)35-18-14-28(32-2)15-19-35/h4,8-11,20-21,24,27-28H,3,5-7,12-19,22H2,1H3. The fraction of sp³-hybridized carbons (Fsp3) is 0.548. The van der Waals surface area contributed by atoms with Crippen LogP contribution in [-0.4, -0.2) is 59.6 Å². The van der Waals surface area contributed by atoms with Gasteiger partial charge >= 0.3 is 0 Å². The Hall–Kier alpha value is -3.40. The molecule has 0 saturated carbocycles. The van der Waals surface area contributed by atoms with Gasteiger partial charge in [0.1, 0.15) is 5.75 Å². The van der Waals surface area contributed by atoms with Crippen LogP contribution < -0.4 is 9.64 Å². The maximum Gasteiger partial charge on any atom is 0.227 e. The molecule has 0 spiro atoms. The van der Waals surface area contributed by atoms with Crippen LogP contribution in [0.3, 0.4) is 0 Å². The van der Waals surface area contributed by atoms with Gasteiger partial charge in [0.15, 0.2) is 0 Å². The van der Waals surface area contributed by atoms with E-state index >= 15 is 0 Å². The zero-order valence-electron chi connectivity index (χ0n) is 22.5. The van der Waals surface area contributed by atoms with Crippen LogP contribution in [0.2, 0.25) is 0 Å². The number of carbonyl (C=O) groups is 1. The third-order valence-electron chi connectivity index (χ3n) is 8.43. The van der Waals surface area contributed by atoms with E-state index in [1.165, 1.54) is 16.7 Å². The average Bonchev–Trinajstić information content (AvgIpc) is 3.00. The Kier molecular flexibility index (Phi) is 8.58. The number of likely N-dealkylation sites (tertiary alicyclic amines) is 1. The van der Waals surface area contributed by atoms with Crippen molar-refractivity contribution in [2.24, 2.45) is 11.8 Å². The minimum absolute atomic E-state index is 0.0829. The number of hydrogen-bond acceptors (Lipinski definition) is 5. The maximum absolute atomic E-state index is 12.9. The van der Waals surface area contributed by atoms with Gasteiger partial charge in [-0.1, -0.05) is 25.1 Å². The lowest BCUT2D eigenvalue weighted by Gasteiger charge is -2.32. The molecule has 0 N–H and O–H groups in total. The third-order valence-corrected chi connectivity index (χ3v) is 8.43. The zero-order chi connectivity index (χ0) is 26.3. The molecule has 0 bridgehead atoms. The highest BCUT2D eigenvalue weighted by Crippen LogP contribution is 2.33. The predicted octanol–water partition coefficient (Wildman–Crippen LogP) is 5.43. The van der Waals surface area contributed by atoms with Gasteiger partial charge in [0.2, 0.25) is 17.9 Å². The van der Waals surface area contributed by atoms with Crippen LogP contribution in [0.25, 0.3) is 10.4 Å². The predicted molar refractivity (Wildman–Crippen MR) is 150 cm³/mol. The minimum atomic E-state index is 0.0829. The fourth-order valence-electron chi connectivity index (χ4n) is 5.77. The molecule has 1 amide bonds. The number of amides is 1. The molecule has 7 heteroatoms. The Bertz CT molecular complexity index is 1140. The first-order valence-corrected chi connectivity index (χ1v) is 14.3. The molecule has 1 atom stereocenters. The van der Waals surface area contributed by atoms with Gasteiger partial charge in [-0.25, -0.2) is 16.5 Å². The fourth-order valence-corrected chi connectivity index (χ4v) is 5.77. The average molecular weight is 514 g/mol. The van der Waals surface area contributed by atoms with Crippen molar-refractivity contribution in [2.45, 2.75) is 64.3 Å². The number of allylic oxidation sites excluding steroid dienone is 2. The highest BCUT2D eigenvalue weighted by Gasteiger charge is 2.31. The van der Waals surface area contributed by atoms with Gasteiger partial charge in [-0.15, -0.1) is 0 Å². The van der Waals surface area contributed by atoms with E-state index in [2.05, 4.69) is 57.0 Å². The molecule has 38 heavy (non-hydrogen) atoms. The summed E-state index contributed by atoms with van der Waals surface area (Å²) in [5.41, 5.74) is 3.73. The van der Waals surface area contributed by atoms with E-state index in [9.17, 15) is 4.79 Å². The van der Waals surface area contributed by atoms with Gasteiger partial charge in [0.25, 0.3) is 0 Å². The van der Waals surface area contributed by atoms with Crippen molar-refractivity contribution in [3.8, 4) is 5.75 Å². The Morgan fingerprint density at radius 1 is 1.03 bits per heavy atom. The van der Waals surface area contributed by atoms with Crippen molar-refractivity contribution in [3.63, 3.8) is 0 Å². The van der Waals surface area contributed by atoms with Crippen LogP contribution >= 0.6 is 0 Å². The summed E-state index contributed by atoms with van der Waals surface area (Å²) >= 11 is 0. The lowest BCUT2D eigenvalue weighted by Crippen LogP contribution is -2.42. The largest absolute Gasteiger partial charge is 0.493 e. The van der Waals surface area contributed by atoms with Crippen molar-refractivity contribution < 1.29 is 9.53 Å². The van der Waals surface area contributed by atoms with Gasteiger partial charge in [-0.05, 0) is 73.3 Å². The number of anilines is 1. The van der Waals surface area contributed by atoms with Crippen LogP contribution in [-0.2, 0) is 11.2 Å². The second-order valence-electron chi connectivity index (χ2n) is 10.9. The number of piperidine rings is 2. The Morgan fingerprint density at radius 3 is 2.34 bits per heavy atom. The van der Waals surface area contributed by atoms with Crippen molar-refractivity contribution in [2.75, 3.05) is 37.7 Å². The minimum Gasteiger partial charge on any atom is -0.493 e. The first-order chi connectivity index (χ1) is 18.6. The van der Waals surface area contributed by atoms with E-state index < -0.39 is 0 Å². The van der Waals surface area contributed by atoms with Gasteiger partial charge in [-0.2, -0.15) is 0 Å². The van der Waals surface area contributed by atoms with Gasteiger partial charge in [0.05, 0.1) is 6.61 Å². The molecule has 1 aliphatic carbocycles. The second kappa shape index (κ2) is 12.4. The molecule has 0 radical (unpaired) electrons. The summed E-state index contributed by atoms with van der Waals surface area (Å²) in [4.78, 5) is 29.9. The van der Waals surface area contributed by atoms with Gasteiger partial charge < -0.3 is 19.4 Å². The first-order valence-electron chi connectivity index (χ1n) is 14.3. The molecular formula is C31H39N5O2. The first kappa shape index (κ1) is 26.2. The second-order valence-corrected chi connectivity index (χ2v) is 10.9. The molecule has 2 saturated heterocycles. The summed E-state index contributed by atoms with van der Waals surface area (Å²) in [6, 6.07) is 8.55. The van der Waals surface area contributed by atoms with E-state index in [-0.39, 0.29) is 17.9 Å². The van der Waals surface area contributed by atoms with Crippen LogP contribution in [0.4, 0.5) is 5.95 Å². The molecule has 3 heterocycles. The summed E-state index contributed by atoms with van der Waals surface area (Å²) in [5.74, 6) is 2.66.